The number of nitrogen functional groups attached to an aromatic ring is 1. The first-order valence-electron chi connectivity index (χ1n) is 9.03. The quantitative estimate of drug-likeness (QED) is 0.763. The van der Waals surface area contributed by atoms with E-state index in [1.807, 2.05) is 0 Å². The monoisotopic (exact) mass is 412 g/mol. The topological polar surface area (TPSA) is 124 Å². The SMILES string of the molecule is CC(C)(C)OC(=O)/N=C1/N[C@](C)(c2cc(N)ncc2F)CS(=O)(=O)[C@H]1C1CC1. The number of anilines is 1. The molecule has 1 aromatic rings. The van der Waals surface area contributed by atoms with Gasteiger partial charge in [0.2, 0.25) is 0 Å². The molecule has 0 unspecified atom stereocenters. The number of hydrogen-bond donors (Lipinski definition) is 2. The van der Waals surface area contributed by atoms with Crippen LogP contribution in [0.2, 0.25) is 0 Å². The Labute approximate surface area is 163 Å². The van der Waals surface area contributed by atoms with Crippen LogP contribution in [-0.4, -0.2) is 41.9 Å². The van der Waals surface area contributed by atoms with Gasteiger partial charge in [-0.25, -0.2) is 22.6 Å². The van der Waals surface area contributed by atoms with Crippen molar-refractivity contribution in [3.05, 3.63) is 23.6 Å². The smallest absolute Gasteiger partial charge is 0.435 e. The minimum Gasteiger partial charge on any atom is -0.442 e. The molecule has 1 saturated heterocycles. The number of carbonyl (C=O) groups is 1. The highest BCUT2D eigenvalue weighted by atomic mass is 32.2. The number of pyridine rings is 1. The molecule has 28 heavy (non-hydrogen) atoms. The summed E-state index contributed by atoms with van der Waals surface area (Å²) >= 11 is 0. The first-order valence-corrected chi connectivity index (χ1v) is 10.8. The Kier molecular flexibility index (Phi) is 4.89. The van der Waals surface area contributed by atoms with Crippen LogP contribution in [0.4, 0.5) is 15.0 Å². The van der Waals surface area contributed by atoms with Crippen LogP contribution in [0, 0.1) is 11.7 Å². The molecule has 8 nitrogen and oxygen atoms in total. The Morgan fingerprint density at radius 3 is 2.64 bits per heavy atom. The molecule has 0 radical (unpaired) electrons. The van der Waals surface area contributed by atoms with Crippen molar-refractivity contribution in [2.45, 2.75) is 56.9 Å². The van der Waals surface area contributed by atoms with Crippen molar-refractivity contribution >= 4 is 27.6 Å². The lowest BCUT2D eigenvalue weighted by atomic mass is 9.93. The number of halogens is 1. The summed E-state index contributed by atoms with van der Waals surface area (Å²) in [4.78, 5) is 19.9. The summed E-state index contributed by atoms with van der Waals surface area (Å²) in [5.41, 5.74) is 3.59. The van der Waals surface area contributed by atoms with Gasteiger partial charge in [-0.05, 0) is 52.5 Å². The predicted octanol–water partition coefficient (Wildman–Crippen LogP) is 2.15. The first kappa shape index (κ1) is 20.5. The number of amides is 1. The standard InChI is InChI=1S/C18H25FN4O4S/c1-17(2,3)27-16(24)22-15-14(10-5-6-10)28(25,26)9-18(4,23-15)11-7-13(20)21-8-12(11)19/h7-8,10,14H,5-6,9H2,1-4H3,(H2,20,21)(H,22,23,24)/t14-,18-/m0/s1. The Morgan fingerprint density at radius 1 is 1.43 bits per heavy atom. The molecule has 1 saturated carbocycles. The van der Waals surface area contributed by atoms with Gasteiger partial charge in [-0.1, -0.05) is 0 Å². The fourth-order valence-corrected chi connectivity index (χ4v) is 5.99. The maximum atomic E-state index is 14.4. The van der Waals surface area contributed by atoms with E-state index in [0.29, 0.717) is 0 Å². The van der Waals surface area contributed by atoms with Crippen molar-refractivity contribution in [2.24, 2.45) is 10.9 Å². The van der Waals surface area contributed by atoms with Crippen LogP contribution in [0.15, 0.2) is 17.3 Å². The maximum Gasteiger partial charge on any atom is 0.435 e. The molecule has 3 N–H and O–H groups in total. The summed E-state index contributed by atoms with van der Waals surface area (Å²) < 4.78 is 45.8. The minimum absolute atomic E-state index is 0.0136. The van der Waals surface area contributed by atoms with Gasteiger partial charge in [0.05, 0.1) is 17.5 Å². The lowest BCUT2D eigenvalue weighted by Crippen LogP contribution is -2.61. The number of nitrogens with zero attached hydrogens (tertiary/aromatic N) is 2. The predicted molar refractivity (Wildman–Crippen MR) is 103 cm³/mol. The Bertz CT molecular complexity index is 937. The molecule has 2 heterocycles. The molecule has 10 heteroatoms. The minimum atomic E-state index is -3.71. The van der Waals surface area contributed by atoms with Crippen LogP contribution in [0.3, 0.4) is 0 Å². The summed E-state index contributed by atoms with van der Waals surface area (Å²) in [6.07, 6.45) is 1.51. The van der Waals surface area contributed by atoms with Crippen LogP contribution in [0.25, 0.3) is 0 Å². The zero-order valence-electron chi connectivity index (χ0n) is 16.3. The van der Waals surface area contributed by atoms with Gasteiger partial charge in [0.25, 0.3) is 0 Å². The Morgan fingerprint density at radius 2 is 2.07 bits per heavy atom. The van der Waals surface area contributed by atoms with Gasteiger partial charge < -0.3 is 15.8 Å². The molecule has 3 rings (SSSR count). The number of nitrogens with one attached hydrogen (secondary N) is 1. The highest BCUT2D eigenvalue weighted by Crippen LogP contribution is 2.42. The second-order valence-corrected chi connectivity index (χ2v) is 10.7. The van der Waals surface area contributed by atoms with Crippen LogP contribution in [-0.2, 0) is 20.1 Å². The van der Waals surface area contributed by atoms with E-state index in [0.717, 1.165) is 19.0 Å². The van der Waals surface area contributed by atoms with Crippen LogP contribution in [0.5, 0.6) is 0 Å². The zero-order valence-corrected chi connectivity index (χ0v) is 17.1. The normalized spacial score (nSPS) is 28.6. The highest BCUT2D eigenvalue weighted by Gasteiger charge is 2.52. The zero-order chi connectivity index (χ0) is 20.9. The van der Waals surface area contributed by atoms with Gasteiger partial charge in [0.15, 0.2) is 9.84 Å². The van der Waals surface area contributed by atoms with Gasteiger partial charge in [0, 0.05) is 5.56 Å². The summed E-state index contributed by atoms with van der Waals surface area (Å²) in [6.45, 7) is 6.60. The van der Waals surface area contributed by atoms with E-state index in [1.54, 1.807) is 20.8 Å². The number of ether oxygens (including phenoxy) is 1. The fraction of sp³-hybridized carbons (Fsp3) is 0.611. The average Bonchev–Trinajstić information content (AvgIpc) is 3.30. The highest BCUT2D eigenvalue weighted by molar-refractivity contribution is 7.93. The second kappa shape index (κ2) is 6.68. The molecule has 154 valence electrons. The van der Waals surface area contributed by atoms with E-state index in [2.05, 4.69) is 15.3 Å². The first-order chi connectivity index (χ1) is 12.8. The number of sulfone groups is 1. The third kappa shape index (κ3) is 4.26. The molecule has 1 aliphatic carbocycles. The Hall–Kier alpha value is -2.23. The molecule has 1 amide bonds. The summed E-state index contributed by atoms with van der Waals surface area (Å²) in [5, 5.41) is 2.07. The molecule has 2 aliphatic rings. The lowest BCUT2D eigenvalue weighted by molar-refractivity contribution is 0.0603. The number of hydrogen-bond acceptors (Lipinski definition) is 6. The molecule has 2 atom stereocenters. The molecule has 2 fully saturated rings. The summed E-state index contributed by atoms with van der Waals surface area (Å²) in [6, 6.07) is 1.29. The lowest BCUT2D eigenvalue weighted by Gasteiger charge is -2.40. The van der Waals surface area contributed by atoms with E-state index in [9.17, 15) is 17.6 Å². The van der Waals surface area contributed by atoms with Crippen molar-refractivity contribution in [3.63, 3.8) is 0 Å². The van der Waals surface area contributed by atoms with Crippen molar-refractivity contribution in [3.8, 4) is 0 Å². The number of aliphatic imine (C=N–C) groups is 1. The molecular weight excluding hydrogens is 387 g/mol. The van der Waals surface area contributed by atoms with Gasteiger partial charge in [-0.15, -0.1) is 0 Å². The summed E-state index contributed by atoms with van der Waals surface area (Å²) in [7, 11) is -3.71. The van der Waals surface area contributed by atoms with Gasteiger partial charge in [-0.2, -0.15) is 4.99 Å². The molecule has 0 bridgehead atoms. The number of amidine groups is 1. The largest absolute Gasteiger partial charge is 0.442 e. The third-order valence-electron chi connectivity index (χ3n) is 4.68. The van der Waals surface area contributed by atoms with E-state index in [-0.39, 0.29) is 28.9 Å². The summed E-state index contributed by atoms with van der Waals surface area (Å²) in [5.74, 6) is -1.11. The molecule has 1 aromatic heterocycles. The van der Waals surface area contributed by atoms with Gasteiger partial charge >= 0.3 is 6.09 Å². The van der Waals surface area contributed by atoms with Crippen molar-refractivity contribution < 1.29 is 22.3 Å². The van der Waals surface area contributed by atoms with Crippen LogP contribution in [0.1, 0.15) is 46.1 Å². The number of carbonyl (C=O) groups excluding carboxylic acids is 1. The molecule has 1 aliphatic heterocycles. The van der Waals surface area contributed by atoms with E-state index < -0.39 is 38.1 Å². The second-order valence-electron chi connectivity index (χ2n) is 8.59. The average molecular weight is 412 g/mol. The number of nitrogens with two attached hydrogens (primary N) is 1. The van der Waals surface area contributed by atoms with E-state index in [1.165, 1.54) is 13.0 Å². The van der Waals surface area contributed by atoms with Crippen molar-refractivity contribution in [2.75, 3.05) is 11.5 Å². The fourth-order valence-electron chi connectivity index (χ4n) is 3.47. The number of aromatic nitrogens is 1. The van der Waals surface area contributed by atoms with E-state index in [4.69, 9.17) is 10.5 Å². The molecular formula is C18H25FN4O4S. The Balaban J connectivity index is 2.05. The number of rotatable bonds is 2. The van der Waals surface area contributed by atoms with E-state index >= 15 is 0 Å². The van der Waals surface area contributed by atoms with Crippen LogP contribution >= 0.6 is 0 Å². The molecule has 0 spiro atoms. The van der Waals surface area contributed by atoms with Gasteiger partial charge in [-0.3, -0.25) is 0 Å². The van der Waals surface area contributed by atoms with Crippen LogP contribution < -0.4 is 11.1 Å². The van der Waals surface area contributed by atoms with Crippen molar-refractivity contribution in [1.29, 1.82) is 0 Å². The van der Waals surface area contributed by atoms with Gasteiger partial charge in [0.1, 0.15) is 28.3 Å². The molecule has 0 aromatic carbocycles. The maximum absolute atomic E-state index is 14.4. The van der Waals surface area contributed by atoms with Crippen molar-refractivity contribution in [1.82, 2.24) is 10.3 Å². The third-order valence-corrected chi connectivity index (χ3v) is 7.04.